The van der Waals surface area contributed by atoms with Crippen molar-refractivity contribution in [2.75, 3.05) is 31.9 Å². The maximum absolute atomic E-state index is 14.1. The van der Waals surface area contributed by atoms with Crippen LogP contribution in [0.3, 0.4) is 0 Å². The van der Waals surface area contributed by atoms with Crippen LogP contribution in [0.1, 0.15) is 30.3 Å². The number of nitrogen functional groups attached to an aromatic ring is 1. The van der Waals surface area contributed by atoms with E-state index < -0.39 is 5.82 Å². The molecule has 2 fully saturated rings. The molecule has 1 unspecified atom stereocenters. The molecule has 2 saturated heterocycles. The maximum atomic E-state index is 14.1. The number of amides is 2. The summed E-state index contributed by atoms with van der Waals surface area (Å²) in [5, 5.41) is 0.504. The van der Waals surface area contributed by atoms with E-state index in [1.54, 1.807) is 30.2 Å². The van der Waals surface area contributed by atoms with Gasteiger partial charge in [0.2, 0.25) is 11.9 Å². The second-order valence-electron chi connectivity index (χ2n) is 8.09. The summed E-state index contributed by atoms with van der Waals surface area (Å²) in [6, 6.07) is 4.61. The third kappa shape index (κ3) is 2.72. The molecule has 3 aromatic rings. The van der Waals surface area contributed by atoms with Gasteiger partial charge in [0.1, 0.15) is 22.7 Å². The van der Waals surface area contributed by atoms with Crippen LogP contribution in [0.25, 0.3) is 16.6 Å². The van der Waals surface area contributed by atoms with Gasteiger partial charge in [-0.2, -0.15) is 0 Å². The summed E-state index contributed by atoms with van der Waals surface area (Å²) in [5.41, 5.74) is 6.75. The van der Waals surface area contributed by atoms with Crippen LogP contribution in [-0.4, -0.2) is 62.2 Å². The number of likely N-dealkylation sites (tertiary alicyclic amines) is 2. The molecule has 1 atom stereocenters. The molecule has 150 valence electrons. The van der Waals surface area contributed by atoms with Crippen LogP contribution in [0.5, 0.6) is 0 Å². The Bertz CT molecular complexity index is 1170. The van der Waals surface area contributed by atoms with Crippen LogP contribution in [0.2, 0.25) is 0 Å². The Balaban J connectivity index is 1.47. The van der Waals surface area contributed by atoms with Crippen LogP contribution in [-0.2, 0) is 4.79 Å². The lowest BCUT2D eigenvalue weighted by atomic mass is 9.86. The van der Waals surface area contributed by atoms with Crippen molar-refractivity contribution < 1.29 is 14.0 Å². The van der Waals surface area contributed by atoms with Crippen LogP contribution in [0.15, 0.2) is 24.4 Å². The standard InChI is InChI=1S/C20H21FN6O2/c1-12(28)25-7-5-20(10-25)6-8-26(11-20)18(29)15-9-27-17(23-15)13-3-2-4-14(21)16(13)24-19(27)22/h2-4,9H,5-8,10-11H2,1H3,(H2,22,24). The lowest BCUT2D eigenvalue weighted by molar-refractivity contribution is -0.128. The third-order valence-electron chi connectivity index (χ3n) is 6.24. The van der Waals surface area contributed by atoms with Crippen molar-refractivity contribution in [1.29, 1.82) is 0 Å². The lowest BCUT2D eigenvalue weighted by Crippen LogP contribution is -2.35. The van der Waals surface area contributed by atoms with E-state index in [0.717, 1.165) is 19.4 Å². The van der Waals surface area contributed by atoms with Gasteiger partial charge >= 0.3 is 0 Å². The van der Waals surface area contributed by atoms with Crippen LogP contribution >= 0.6 is 0 Å². The topological polar surface area (TPSA) is 96.8 Å². The zero-order valence-electron chi connectivity index (χ0n) is 16.1. The second-order valence-corrected chi connectivity index (χ2v) is 8.09. The van der Waals surface area contributed by atoms with Gasteiger partial charge < -0.3 is 15.5 Å². The first-order valence-electron chi connectivity index (χ1n) is 9.64. The molecule has 2 aliphatic heterocycles. The first-order chi connectivity index (χ1) is 13.9. The van der Waals surface area contributed by atoms with E-state index >= 15 is 0 Å². The number of rotatable bonds is 1. The minimum Gasteiger partial charge on any atom is -0.369 e. The normalized spacial score (nSPS) is 21.7. The van der Waals surface area contributed by atoms with Crippen LogP contribution in [0, 0.1) is 11.2 Å². The van der Waals surface area contributed by atoms with Crippen molar-refractivity contribution >= 4 is 34.3 Å². The number of imidazole rings is 1. The average Bonchev–Trinajstić information content (AvgIpc) is 3.42. The molecule has 4 heterocycles. The van der Waals surface area contributed by atoms with Gasteiger partial charge in [-0.15, -0.1) is 0 Å². The zero-order chi connectivity index (χ0) is 20.3. The van der Waals surface area contributed by atoms with Crippen molar-refractivity contribution in [3.05, 3.63) is 35.9 Å². The molecule has 0 bridgehead atoms. The van der Waals surface area contributed by atoms with Crippen molar-refractivity contribution in [2.24, 2.45) is 5.41 Å². The van der Waals surface area contributed by atoms with Gasteiger partial charge in [0.05, 0.1) is 0 Å². The van der Waals surface area contributed by atoms with Crippen molar-refractivity contribution in [1.82, 2.24) is 24.2 Å². The molecule has 2 aromatic heterocycles. The minimum atomic E-state index is -0.481. The summed E-state index contributed by atoms with van der Waals surface area (Å²) in [4.78, 5) is 37.0. The summed E-state index contributed by atoms with van der Waals surface area (Å²) in [5.74, 6) is -0.509. The van der Waals surface area contributed by atoms with E-state index in [1.165, 1.54) is 10.5 Å². The maximum Gasteiger partial charge on any atom is 0.274 e. The van der Waals surface area contributed by atoms with Crippen LogP contribution < -0.4 is 5.73 Å². The van der Waals surface area contributed by atoms with Gasteiger partial charge in [0, 0.05) is 50.1 Å². The van der Waals surface area contributed by atoms with Crippen molar-refractivity contribution in [3.63, 3.8) is 0 Å². The SMILES string of the molecule is CC(=O)N1CCC2(CCN(C(=O)c3cn4c(N)nc5c(F)cccc5c4n3)C2)C1. The molecule has 2 N–H and O–H groups in total. The summed E-state index contributed by atoms with van der Waals surface area (Å²) < 4.78 is 15.6. The Morgan fingerprint density at radius 2 is 1.86 bits per heavy atom. The van der Waals surface area contributed by atoms with Crippen molar-refractivity contribution in [2.45, 2.75) is 19.8 Å². The first-order valence-corrected chi connectivity index (χ1v) is 9.64. The largest absolute Gasteiger partial charge is 0.369 e. The predicted molar refractivity (Wildman–Crippen MR) is 105 cm³/mol. The van der Waals surface area contributed by atoms with Gasteiger partial charge in [0.15, 0.2) is 0 Å². The van der Waals surface area contributed by atoms with E-state index in [-0.39, 0.29) is 34.4 Å². The quantitative estimate of drug-likeness (QED) is 0.675. The number of fused-ring (bicyclic) bond motifs is 3. The highest BCUT2D eigenvalue weighted by molar-refractivity contribution is 5.97. The number of para-hydroxylation sites is 1. The first kappa shape index (κ1) is 17.8. The number of carbonyl (C=O) groups is 2. The molecule has 1 spiro atoms. The molecule has 2 aliphatic rings. The average molecular weight is 396 g/mol. The fourth-order valence-electron chi connectivity index (χ4n) is 4.63. The lowest BCUT2D eigenvalue weighted by Gasteiger charge is -2.24. The fraction of sp³-hybridized carbons (Fsp3) is 0.400. The van der Waals surface area contributed by atoms with Crippen LogP contribution in [0.4, 0.5) is 10.3 Å². The summed E-state index contributed by atoms with van der Waals surface area (Å²) in [6.45, 7) is 4.25. The predicted octanol–water partition coefficient (Wildman–Crippen LogP) is 1.69. The number of hydrogen-bond acceptors (Lipinski definition) is 5. The Morgan fingerprint density at radius 3 is 2.59 bits per heavy atom. The van der Waals surface area contributed by atoms with E-state index in [2.05, 4.69) is 9.97 Å². The highest BCUT2D eigenvalue weighted by Gasteiger charge is 2.45. The summed E-state index contributed by atoms with van der Waals surface area (Å²) in [6.07, 6.45) is 3.34. The molecule has 1 aromatic carbocycles. The third-order valence-corrected chi connectivity index (χ3v) is 6.24. The number of benzene rings is 1. The Hall–Kier alpha value is -3.23. The fourth-order valence-corrected chi connectivity index (χ4v) is 4.63. The molecule has 8 nitrogen and oxygen atoms in total. The molecule has 0 radical (unpaired) electrons. The Morgan fingerprint density at radius 1 is 1.14 bits per heavy atom. The molecule has 5 rings (SSSR count). The molecule has 0 aliphatic carbocycles. The summed E-state index contributed by atoms with van der Waals surface area (Å²) in [7, 11) is 0. The Kier molecular flexibility index (Phi) is 3.77. The van der Waals surface area contributed by atoms with E-state index in [0.29, 0.717) is 30.7 Å². The molecule has 29 heavy (non-hydrogen) atoms. The second kappa shape index (κ2) is 6.13. The van der Waals surface area contributed by atoms with Gasteiger partial charge in [-0.1, -0.05) is 6.07 Å². The number of aromatic nitrogens is 3. The highest BCUT2D eigenvalue weighted by atomic mass is 19.1. The molecule has 2 amide bonds. The monoisotopic (exact) mass is 396 g/mol. The molecule has 0 saturated carbocycles. The van der Waals surface area contributed by atoms with Gasteiger partial charge in [-0.3, -0.25) is 14.0 Å². The van der Waals surface area contributed by atoms with Gasteiger partial charge in [0.25, 0.3) is 5.91 Å². The zero-order valence-corrected chi connectivity index (χ0v) is 16.1. The number of nitrogens with zero attached hydrogens (tertiary/aromatic N) is 5. The van der Waals surface area contributed by atoms with Gasteiger partial charge in [-0.25, -0.2) is 14.4 Å². The molecular weight excluding hydrogens is 375 g/mol. The number of carbonyl (C=O) groups excluding carboxylic acids is 2. The highest BCUT2D eigenvalue weighted by Crippen LogP contribution is 2.40. The van der Waals surface area contributed by atoms with Gasteiger partial charge in [-0.05, 0) is 25.0 Å². The smallest absolute Gasteiger partial charge is 0.274 e. The Labute approximate surface area is 166 Å². The minimum absolute atomic E-state index is 0.0309. The number of halogens is 1. The molecular formula is C20H21FN6O2. The number of hydrogen-bond donors (Lipinski definition) is 1. The number of anilines is 1. The van der Waals surface area contributed by atoms with E-state index in [1.807, 2.05) is 4.90 Å². The van der Waals surface area contributed by atoms with Crippen molar-refractivity contribution in [3.8, 4) is 0 Å². The number of nitrogens with two attached hydrogens (primary N) is 1. The molecule has 9 heteroatoms. The van der Waals surface area contributed by atoms with E-state index in [9.17, 15) is 14.0 Å². The summed E-state index contributed by atoms with van der Waals surface area (Å²) >= 11 is 0. The van der Waals surface area contributed by atoms with E-state index in [4.69, 9.17) is 5.73 Å².